The topological polar surface area (TPSA) is 74.3 Å². The summed E-state index contributed by atoms with van der Waals surface area (Å²) in [5, 5.41) is 5.92. The molecule has 1 aromatic carbocycles. The Balaban J connectivity index is 1.33. The standard InChI is InChI=1S/C21H24N4O2/c1-2-15-5-3-6-16(11-15)24-20(27)25-10-8-21(14-25)12-18(21)19(26)23-17-7-4-9-22-13-17/h3-7,9,11,13,18H,2,8,10,12,14H2,1H3,(H,23,26)(H,24,27). The smallest absolute Gasteiger partial charge is 0.321 e. The number of hydrogen-bond donors (Lipinski definition) is 2. The van der Waals surface area contributed by atoms with Crippen LogP contribution in [0, 0.1) is 11.3 Å². The zero-order valence-electron chi connectivity index (χ0n) is 15.4. The summed E-state index contributed by atoms with van der Waals surface area (Å²) in [7, 11) is 0. The molecule has 1 saturated carbocycles. The van der Waals surface area contributed by atoms with Gasteiger partial charge >= 0.3 is 6.03 Å². The van der Waals surface area contributed by atoms with Crippen molar-refractivity contribution in [2.24, 2.45) is 11.3 Å². The fraction of sp³-hybridized carbons (Fsp3) is 0.381. The van der Waals surface area contributed by atoms with E-state index in [9.17, 15) is 9.59 Å². The first-order chi connectivity index (χ1) is 13.1. The Morgan fingerprint density at radius 3 is 2.85 bits per heavy atom. The summed E-state index contributed by atoms with van der Waals surface area (Å²) in [6, 6.07) is 11.5. The molecule has 1 spiro atoms. The number of likely N-dealkylation sites (tertiary alicyclic amines) is 1. The quantitative estimate of drug-likeness (QED) is 0.872. The highest BCUT2D eigenvalue weighted by Crippen LogP contribution is 2.58. The van der Waals surface area contributed by atoms with E-state index in [0.717, 1.165) is 24.9 Å². The van der Waals surface area contributed by atoms with Gasteiger partial charge < -0.3 is 15.5 Å². The fourth-order valence-corrected chi connectivity index (χ4v) is 3.98. The SMILES string of the molecule is CCc1cccc(NC(=O)N2CCC3(CC3C(=O)Nc3cccnc3)C2)c1. The number of urea groups is 1. The van der Waals surface area contributed by atoms with Crippen molar-refractivity contribution in [2.75, 3.05) is 23.7 Å². The summed E-state index contributed by atoms with van der Waals surface area (Å²) in [4.78, 5) is 31.0. The molecule has 140 valence electrons. The van der Waals surface area contributed by atoms with Gasteiger partial charge in [-0.2, -0.15) is 0 Å². The molecule has 6 heteroatoms. The molecule has 1 saturated heterocycles. The number of anilines is 2. The number of amides is 3. The molecule has 1 aromatic heterocycles. The molecule has 0 bridgehead atoms. The van der Waals surface area contributed by atoms with Crippen LogP contribution in [0.1, 0.15) is 25.3 Å². The third-order valence-electron chi connectivity index (χ3n) is 5.69. The van der Waals surface area contributed by atoms with Crippen molar-refractivity contribution in [2.45, 2.75) is 26.2 Å². The van der Waals surface area contributed by atoms with Crippen molar-refractivity contribution in [3.05, 3.63) is 54.4 Å². The molecule has 27 heavy (non-hydrogen) atoms. The molecule has 2 unspecified atom stereocenters. The molecule has 2 aromatic rings. The van der Waals surface area contributed by atoms with Crippen LogP contribution < -0.4 is 10.6 Å². The summed E-state index contributed by atoms with van der Waals surface area (Å²) in [6.07, 6.45) is 5.97. The second-order valence-electron chi connectivity index (χ2n) is 7.51. The number of nitrogens with zero attached hydrogens (tertiary/aromatic N) is 2. The predicted molar refractivity (Wildman–Crippen MR) is 104 cm³/mol. The van der Waals surface area contributed by atoms with Crippen molar-refractivity contribution < 1.29 is 9.59 Å². The third kappa shape index (κ3) is 3.65. The largest absolute Gasteiger partial charge is 0.324 e. The highest BCUT2D eigenvalue weighted by molar-refractivity contribution is 5.95. The monoisotopic (exact) mass is 364 g/mol. The number of aryl methyl sites for hydroxylation is 1. The number of nitrogens with one attached hydrogen (secondary N) is 2. The van der Waals surface area contributed by atoms with Crippen molar-refractivity contribution in [3.63, 3.8) is 0 Å². The molecule has 1 aliphatic heterocycles. The fourth-order valence-electron chi connectivity index (χ4n) is 3.98. The average molecular weight is 364 g/mol. The molecular weight excluding hydrogens is 340 g/mol. The normalized spacial score (nSPS) is 23.3. The van der Waals surface area contributed by atoms with Gasteiger partial charge in [-0.3, -0.25) is 9.78 Å². The van der Waals surface area contributed by atoms with E-state index in [4.69, 9.17) is 0 Å². The molecule has 0 radical (unpaired) electrons. The van der Waals surface area contributed by atoms with E-state index < -0.39 is 0 Å². The number of rotatable bonds is 4. The van der Waals surface area contributed by atoms with E-state index >= 15 is 0 Å². The zero-order chi connectivity index (χ0) is 18.9. The lowest BCUT2D eigenvalue weighted by atomic mass is 10.0. The highest BCUT2D eigenvalue weighted by Gasteiger charge is 2.61. The van der Waals surface area contributed by atoms with Gasteiger partial charge in [0.1, 0.15) is 0 Å². The Kier molecular flexibility index (Phi) is 4.56. The van der Waals surface area contributed by atoms with E-state index in [2.05, 4.69) is 28.6 Å². The first kappa shape index (κ1) is 17.5. The molecule has 1 aliphatic carbocycles. The summed E-state index contributed by atoms with van der Waals surface area (Å²) < 4.78 is 0. The lowest BCUT2D eigenvalue weighted by molar-refractivity contribution is -0.118. The van der Waals surface area contributed by atoms with Crippen molar-refractivity contribution in [1.82, 2.24) is 9.88 Å². The van der Waals surface area contributed by atoms with Gasteiger partial charge in [0.05, 0.1) is 11.9 Å². The summed E-state index contributed by atoms with van der Waals surface area (Å²) in [5.41, 5.74) is 2.67. The van der Waals surface area contributed by atoms with Gasteiger partial charge in [0.25, 0.3) is 0 Å². The van der Waals surface area contributed by atoms with Crippen LogP contribution in [0.2, 0.25) is 0 Å². The molecular formula is C21H24N4O2. The average Bonchev–Trinajstić information content (AvgIpc) is 3.22. The minimum atomic E-state index is -0.0848. The third-order valence-corrected chi connectivity index (χ3v) is 5.69. The van der Waals surface area contributed by atoms with Crippen molar-refractivity contribution in [3.8, 4) is 0 Å². The van der Waals surface area contributed by atoms with Gasteiger partial charge in [-0.1, -0.05) is 19.1 Å². The van der Waals surface area contributed by atoms with Crippen LogP contribution in [0.5, 0.6) is 0 Å². The van der Waals surface area contributed by atoms with Gasteiger partial charge in [0, 0.05) is 36.3 Å². The van der Waals surface area contributed by atoms with Gasteiger partial charge in [-0.15, -0.1) is 0 Å². The second-order valence-corrected chi connectivity index (χ2v) is 7.51. The lowest BCUT2D eigenvalue weighted by Gasteiger charge is -2.18. The van der Waals surface area contributed by atoms with Crippen LogP contribution in [0.4, 0.5) is 16.2 Å². The Morgan fingerprint density at radius 2 is 2.07 bits per heavy atom. The van der Waals surface area contributed by atoms with E-state index in [-0.39, 0.29) is 23.3 Å². The van der Waals surface area contributed by atoms with E-state index in [1.165, 1.54) is 5.56 Å². The maximum absolute atomic E-state index is 12.6. The maximum Gasteiger partial charge on any atom is 0.321 e. The van der Waals surface area contributed by atoms with Crippen LogP contribution in [-0.4, -0.2) is 34.9 Å². The van der Waals surface area contributed by atoms with Crippen LogP contribution in [-0.2, 0) is 11.2 Å². The van der Waals surface area contributed by atoms with Gasteiger partial charge in [0.15, 0.2) is 0 Å². The molecule has 3 amide bonds. The first-order valence-corrected chi connectivity index (χ1v) is 9.45. The predicted octanol–water partition coefficient (Wildman–Crippen LogP) is 3.53. The molecule has 4 rings (SSSR count). The number of carbonyl (C=O) groups excluding carboxylic acids is 2. The summed E-state index contributed by atoms with van der Waals surface area (Å²) in [5.74, 6) is -0.000157. The summed E-state index contributed by atoms with van der Waals surface area (Å²) >= 11 is 0. The molecule has 2 heterocycles. The molecule has 2 atom stereocenters. The number of hydrogen-bond acceptors (Lipinski definition) is 3. The van der Waals surface area contributed by atoms with Gasteiger partial charge in [0.2, 0.25) is 5.91 Å². The maximum atomic E-state index is 12.6. The van der Waals surface area contributed by atoms with Crippen LogP contribution >= 0.6 is 0 Å². The molecule has 6 nitrogen and oxygen atoms in total. The highest BCUT2D eigenvalue weighted by atomic mass is 16.2. The Bertz CT molecular complexity index is 854. The Morgan fingerprint density at radius 1 is 1.22 bits per heavy atom. The van der Waals surface area contributed by atoms with Crippen LogP contribution in [0.15, 0.2) is 48.8 Å². The van der Waals surface area contributed by atoms with E-state index in [1.54, 1.807) is 18.5 Å². The van der Waals surface area contributed by atoms with Gasteiger partial charge in [-0.25, -0.2) is 4.79 Å². The van der Waals surface area contributed by atoms with Crippen molar-refractivity contribution >= 4 is 23.3 Å². The first-order valence-electron chi connectivity index (χ1n) is 9.45. The number of pyridine rings is 1. The van der Waals surface area contributed by atoms with E-state index in [1.807, 2.05) is 29.2 Å². The second kappa shape index (κ2) is 7.02. The van der Waals surface area contributed by atoms with Crippen molar-refractivity contribution in [1.29, 1.82) is 0 Å². The van der Waals surface area contributed by atoms with Crippen LogP contribution in [0.25, 0.3) is 0 Å². The molecule has 2 aliphatic rings. The zero-order valence-corrected chi connectivity index (χ0v) is 15.4. The Hall–Kier alpha value is -2.89. The van der Waals surface area contributed by atoms with Crippen LogP contribution in [0.3, 0.4) is 0 Å². The van der Waals surface area contributed by atoms with Gasteiger partial charge in [-0.05, 0) is 49.1 Å². The molecule has 2 fully saturated rings. The number of benzene rings is 1. The summed E-state index contributed by atoms with van der Waals surface area (Å²) in [6.45, 7) is 3.42. The Labute approximate surface area is 159 Å². The molecule has 2 N–H and O–H groups in total. The van der Waals surface area contributed by atoms with E-state index in [0.29, 0.717) is 18.8 Å². The minimum Gasteiger partial charge on any atom is -0.324 e. The minimum absolute atomic E-state index is 0.0286. The number of aromatic nitrogens is 1. The number of carbonyl (C=O) groups is 2. The lowest BCUT2D eigenvalue weighted by Crippen LogP contribution is -2.33.